The number of aromatic nitrogens is 2. The summed E-state index contributed by atoms with van der Waals surface area (Å²) in [6.45, 7) is 0. The van der Waals surface area contributed by atoms with Crippen molar-refractivity contribution in [3.63, 3.8) is 0 Å². The van der Waals surface area contributed by atoms with Crippen LogP contribution in [0.2, 0.25) is 0 Å². The molecule has 0 spiro atoms. The second-order valence-corrected chi connectivity index (χ2v) is 10.1. The number of hydrogen-bond donors (Lipinski definition) is 4. The van der Waals surface area contributed by atoms with Crippen molar-refractivity contribution in [2.45, 2.75) is 6.42 Å². The second kappa shape index (κ2) is 9.90. The predicted octanol–water partition coefficient (Wildman–Crippen LogP) is 1.23. The average molecular weight is 518 g/mol. The Hall–Kier alpha value is -3.60. The number of azo groups is 1. The summed E-state index contributed by atoms with van der Waals surface area (Å²) < 4.78 is 46.1. The fraction of sp³-hybridized carbons (Fsp3) is 0.200. The maximum absolute atomic E-state index is 11.5. The van der Waals surface area contributed by atoms with Crippen LogP contribution in [0.1, 0.15) is 11.1 Å². The minimum Gasteiger partial charge on any atom is -0.493 e. The third-order valence-electron chi connectivity index (χ3n) is 4.60. The van der Waals surface area contributed by atoms with Crippen LogP contribution in [0.4, 0.5) is 23.1 Å². The number of nitrogens with two attached hydrogens (primary N) is 2. The van der Waals surface area contributed by atoms with Crippen LogP contribution in [0.5, 0.6) is 17.2 Å². The van der Waals surface area contributed by atoms with Gasteiger partial charge in [-0.25, -0.2) is 0 Å². The van der Waals surface area contributed by atoms with E-state index in [4.69, 9.17) is 25.7 Å². The van der Waals surface area contributed by atoms with Gasteiger partial charge in [-0.15, -0.1) is 0 Å². The van der Waals surface area contributed by atoms with Gasteiger partial charge in [0.05, 0.1) is 21.3 Å². The van der Waals surface area contributed by atoms with Gasteiger partial charge in [0.25, 0.3) is 0 Å². The molecule has 0 unspecified atom stereocenters. The van der Waals surface area contributed by atoms with Gasteiger partial charge in [0, 0.05) is 0 Å². The zero-order valence-electron chi connectivity index (χ0n) is 18.1. The van der Waals surface area contributed by atoms with Crippen molar-refractivity contribution in [1.29, 1.82) is 0 Å². The Morgan fingerprint density at radius 3 is 2.21 bits per heavy atom. The van der Waals surface area contributed by atoms with Crippen molar-refractivity contribution in [3.05, 3.63) is 47.7 Å². The molecule has 13 heteroatoms. The Morgan fingerprint density at radius 2 is 1.67 bits per heavy atom. The third kappa shape index (κ3) is 5.61. The first kappa shape index (κ1) is 24.0. The topological polar surface area (TPSA) is 188 Å². The van der Waals surface area contributed by atoms with Crippen molar-refractivity contribution in [2.75, 3.05) is 32.8 Å². The standard InChI is InChI=1S/C20H23AsN6O6/c1-31-16-7-11(8-17(32-2)18(16)33-3)6-12-10-24-20(25-19(12)23)27-26-15-9-13(21(28,29)30)4-5-14(15)22/h4-5,7-10H,6,22H2,1-3H3,(H2,23,24,25)(H2,28,29,30). The summed E-state index contributed by atoms with van der Waals surface area (Å²) in [6.07, 6.45) is 1.90. The summed E-state index contributed by atoms with van der Waals surface area (Å²) in [5.74, 6) is 1.65. The average Bonchev–Trinajstić information content (AvgIpc) is 2.78. The Balaban J connectivity index is 1.85. The zero-order chi connectivity index (χ0) is 24.2. The van der Waals surface area contributed by atoms with Gasteiger partial charge in [-0.05, 0) is 0 Å². The molecule has 12 nitrogen and oxygen atoms in total. The molecule has 2 aromatic carbocycles. The number of benzene rings is 2. The van der Waals surface area contributed by atoms with Crippen molar-refractivity contribution in [2.24, 2.45) is 10.2 Å². The molecule has 0 bridgehead atoms. The van der Waals surface area contributed by atoms with E-state index in [1.807, 2.05) is 0 Å². The third-order valence-corrected chi connectivity index (χ3v) is 6.60. The van der Waals surface area contributed by atoms with Crippen LogP contribution in [-0.4, -0.2) is 53.7 Å². The summed E-state index contributed by atoms with van der Waals surface area (Å²) in [7, 11) is 4.58. The molecule has 0 amide bonds. The smallest absolute Gasteiger partial charge is 0.493 e. The molecule has 6 N–H and O–H groups in total. The molecule has 3 aromatic rings. The van der Waals surface area contributed by atoms with E-state index in [1.54, 1.807) is 12.1 Å². The Bertz CT molecular complexity index is 1220. The summed E-state index contributed by atoms with van der Waals surface area (Å²) in [5.41, 5.74) is 13.6. The number of nitrogens with zero attached hydrogens (tertiary/aromatic N) is 4. The van der Waals surface area contributed by atoms with E-state index in [1.165, 1.54) is 45.7 Å². The summed E-state index contributed by atoms with van der Waals surface area (Å²) in [4.78, 5) is 8.27. The molecule has 1 aromatic heterocycles. The van der Waals surface area contributed by atoms with Crippen LogP contribution in [0.15, 0.2) is 46.8 Å². The van der Waals surface area contributed by atoms with Gasteiger partial charge >= 0.3 is 139 Å². The fourth-order valence-electron chi connectivity index (χ4n) is 2.95. The van der Waals surface area contributed by atoms with Crippen LogP contribution in [0.25, 0.3) is 0 Å². The van der Waals surface area contributed by atoms with Gasteiger partial charge in [0.2, 0.25) is 5.75 Å². The van der Waals surface area contributed by atoms with E-state index in [2.05, 4.69) is 20.2 Å². The van der Waals surface area contributed by atoms with Crippen LogP contribution >= 0.6 is 0 Å². The SMILES string of the molecule is COc1cc(Cc2cnc(N=Nc3cc([As](=O)(O)O)ccc3N)nc2N)cc(OC)c1OC. The van der Waals surface area contributed by atoms with Crippen LogP contribution in [0.3, 0.4) is 0 Å². The van der Waals surface area contributed by atoms with Crippen LogP contribution in [-0.2, 0) is 10.2 Å². The first-order chi connectivity index (χ1) is 15.7. The molecule has 0 aliphatic heterocycles. The van der Waals surface area contributed by atoms with E-state index < -0.39 is 14.2 Å². The first-order valence-corrected chi connectivity index (χ1v) is 12.8. The van der Waals surface area contributed by atoms with Crippen LogP contribution in [0, 0.1) is 0 Å². The van der Waals surface area contributed by atoms with Crippen molar-refractivity contribution in [3.8, 4) is 17.2 Å². The van der Waals surface area contributed by atoms with Gasteiger partial charge < -0.3 is 14.2 Å². The Kier molecular flexibility index (Phi) is 7.22. The quantitative estimate of drug-likeness (QED) is 0.192. The number of rotatable bonds is 8. The molecule has 0 fully saturated rings. The number of ether oxygens (including phenoxy) is 3. The number of nitrogen functional groups attached to an aromatic ring is 2. The normalized spacial score (nSPS) is 11.5. The molecular formula is C20H23AsN6O6. The molecule has 3 rings (SSSR count). The van der Waals surface area contributed by atoms with Crippen LogP contribution < -0.4 is 30.0 Å². The number of anilines is 2. The van der Waals surface area contributed by atoms with E-state index in [-0.39, 0.29) is 27.5 Å². The monoisotopic (exact) mass is 518 g/mol. The summed E-state index contributed by atoms with van der Waals surface area (Å²) >= 11 is -5.10. The van der Waals surface area contributed by atoms with Gasteiger partial charge in [-0.3, -0.25) is 0 Å². The van der Waals surface area contributed by atoms with E-state index in [0.717, 1.165) is 5.56 Å². The minimum absolute atomic E-state index is 0.0347. The van der Waals surface area contributed by atoms with E-state index >= 15 is 0 Å². The molecule has 0 aliphatic carbocycles. The van der Waals surface area contributed by atoms with E-state index in [0.29, 0.717) is 29.2 Å². The number of hydrogen-bond acceptors (Lipinski definition) is 10. The first-order valence-electron chi connectivity index (χ1n) is 9.44. The van der Waals surface area contributed by atoms with Gasteiger partial charge in [-0.2, -0.15) is 0 Å². The Labute approximate surface area is 192 Å². The minimum atomic E-state index is -5.10. The number of methoxy groups -OCH3 is 3. The molecule has 0 saturated heterocycles. The second-order valence-electron chi connectivity index (χ2n) is 6.78. The van der Waals surface area contributed by atoms with Crippen molar-refractivity contribution >= 4 is 41.7 Å². The molecule has 0 atom stereocenters. The molecule has 1 heterocycles. The molecule has 33 heavy (non-hydrogen) atoms. The molecule has 174 valence electrons. The van der Waals surface area contributed by atoms with E-state index in [9.17, 15) is 11.9 Å². The van der Waals surface area contributed by atoms with Crippen molar-refractivity contribution in [1.82, 2.24) is 9.97 Å². The Morgan fingerprint density at radius 1 is 1.00 bits per heavy atom. The summed E-state index contributed by atoms with van der Waals surface area (Å²) in [5, 5.41) is 7.80. The molecule has 0 radical (unpaired) electrons. The van der Waals surface area contributed by atoms with Crippen molar-refractivity contribution < 1.29 is 26.1 Å². The molecular weight excluding hydrogens is 495 g/mol. The zero-order valence-corrected chi connectivity index (χ0v) is 20.0. The van der Waals surface area contributed by atoms with Gasteiger partial charge in [-0.1, -0.05) is 0 Å². The van der Waals surface area contributed by atoms with Gasteiger partial charge in [0.1, 0.15) is 0 Å². The molecule has 0 aliphatic rings. The summed E-state index contributed by atoms with van der Waals surface area (Å²) in [6, 6.07) is 7.38. The predicted molar refractivity (Wildman–Crippen MR) is 121 cm³/mol. The fourth-order valence-corrected chi connectivity index (χ4v) is 4.12. The molecule has 0 saturated carbocycles. The van der Waals surface area contributed by atoms with Gasteiger partial charge in [0.15, 0.2) is 11.5 Å². The maximum atomic E-state index is 11.5.